The summed E-state index contributed by atoms with van der Waals surface area (Å²) in [6, 6.07) is 6.26. The number of hydrogen-bond donors (Lipinski definition) is 3. The molecule has 0 radical (unpaired) electrons. The van der Waals surface area contributed by atoms with E-state index in [2.05, 4.69) is 24.1 Å². The Labute approximate surface area is 127 Å². The predicted octanol–water partition coefficient (Wildman–Crippen LogP) is 0.964. The fourth-order valence-electron chi connectivity index (χ4n) is 2.08. The van der Waals surface area contributed by atoms with E-state index >= 15 is 0 Å². The molecular weight excluding hydrogens is 266 g/mol. The number of phenolic OH excluding ortho intramolecular Hbond substituents is 1. The zero-order valence-corrected chi connectivity index (χ0v) is 13.3. The van der Waals surface area contributed by atoms with E-state index < -0.39 is 6.04 Å². The number of carbonyl (C=O) groups is 1. The third-order valence-electron chi connectivity index (χ3n) is 3.42. The van der Waals surface area contributed by atoms with Crippen molar-refractivity contribution in [1.29, 1.82) is 0 Å². The van der Waals surface area contributed by atoms with Crippen LogP contribution < -0.4 is 11.1 Å². The van der Waals surface area contributed by atoms with Gasteiger partial charge in [0.2, 0.25) is 5.91 Å². The molecule has 1 aromatic carbocycles. The molecule has 0 heterocycles. The largest absolute Gasteiger partial charge is 0.508 e. The Morgan fingerprint density at radius 3 is 2.33 bits per heavy atom. The molecule has 0 aliphatic rings. The number of hydrogen-bond acceptors (Lipinski definition) is 4. The average molecular weight is 293 g/mol. The highest BCUT2D eigenvalue weighted by molar-refractivity contribution is 5.82. The summed E-state index contributed by atoms with van der Waals surface area (Å²) in [6.45, 7) is 4.95. The lowest BCUT2D eigenvalue weighted by atomic mass is 10.0. The van der Waals surface area contributed by atoms with E-state index in [0.29, 0.717) is 12.3 Å². The van der Waals surface area contributed by atoms with Gasteiger partial charge >= 0.3 is 0 Å². The summed E-state index contributed by atoms with van der Waals surface area (Å²) in [7, 11) is 3.97. The summed E-state index contributed by atoms with van der Waals surface area (Å²) in [6.07, 6.45) is 0.457. The number of likely N-dealkylation sites (N-methyl/N-ethyl adjacent to an activating group) is 1. The van der Waals surface area contributed by atoms with Crippen molar-refractivity contribution in [3.8, 4) is 5.75 Å². The molecule has 0 aliphatic carbocycles. The molecule has 0 aromatic heterocycles. The van der Waals surface area contributed by atoms with Gasteiger partial charge in [-0.2, -0.15) is 0 Å². The normalized spacial score (nSPS) is 14.2. The first-order chi connectivity index (χ1) is 9.79. The summed E-state index contributed by atoms with van der Waals surface area (Å²) in [5.74, 6) is 0.420. The van der Waals surface area contributed by atoms with E-state index in [-0.39, 0.29) is 17.7 Å². The van der Waals surface area contributed by atoms with Crippen LogP contribution in [-0.4, -0.2) is 48.6 Å². The fourth-order valence-corrected chi connectivity index (χ4v) is 2.08. The van der Waals surface area contributed by atoms with Crippen LogP contribution in [0.25, 0.3) is 0 Å². The lowest BCUT2D eigenvalue weighted by Crippen LogP contribution is -2.51. The van der Waals surface area contributed by atoms with Gasteiger partial charge in [-0.1, -0.05) is 26.0 Å². The summed E-state index contributed by atoms with van der Waals surface area (Å²) < 4.78 is 0. The molecule has 2 atom stereocenters. The van der Waals surface area contributed by atoms with Crippen LogP contribution in [0.1, 0.15) is 19.4 Å². The van der Waals surface area contributed by atoms with Gasteiger partial charge in [0, 0.05) is 12.6 Å². The van der Waals surface area contributed by atoms with E-state index in [1.807, 2.05) is 14.1 Å². The van der Waals surface area contributed by atoms with E-state index in [1.165, 1.54) is 0 Å². The predicted molar refractivity (Wildman–Crippen MR) is 85.1 cm³/mol. The van der Waals surface area contributed by atoms with Crippen molar-refractivity contribution in [2.24, 2.45) is 11.7 Å². The smallest absolute Gasteiger partial charge is 0.237 e. The number of nitrogens with two attached hydrogens (primary N) is 1. The molecule has 5 nitrogen and oxygen atoms in total. The Morgan fingerprint density at radius 1 is 1.29 bits per heavy atom. The van der Waals surface area contributed by atoms with Crippen LogP contribution >= 0.6 is 0 Å². The molecule has 118 valence electrons. The molecule has 1 aromatic rings. The Kier molecular flexibility index (Phi) is 6.65. The quantitative estimate of drug-likeness (QED) is 0.700. The minimum absolute atomic E-state index is 0.0818. The Bertz CT molecular complexity index is 443. The van der Waals surface area contributed by atoms with Crippen molar-refractivity contribution >= 4 is 5.91 Å². The van der Waals surface area contributed by atoms with Gasteiger partial charge in [-0.25, -0.2) is 0 Å². The summed E-state index contributed by atoms with van der Waals surface area (Å²) in [5.41, 5.74) is 6.91. The second-order valence-corrected chi connectivity index (χ2v) is 6.10. The second kappa shape index (κ2) is 8.00. The maximum Gasteiger partial charge on any atom is 0.237 e. The van der Waals surface area contributed by atoms with Crippen LogP contribution in [0.15, 0.2) is 24.3 Å². The molecule has 0 spiro atoms. The standard InChI is InChI=1S/C16H27N3O2/c1-11(2)15(10-19(3)4)18-16(21)14(17)9-12-5-7-13(20)8-6-12/h5-8,11,14-15,20H,9-10,17H2,1-4H3,(H,18,21)/t14-,15?/m1/s1. The molecule has 0 fully saturated rings. The van der Waals surface area contributed by atoms with Gasteiger partial charge in [0.25, 0.3) is 0 Å². The molecule has 21 heavy (non-hydrogen) atoms. The lowest BCUT2D eigenvalue weighted by molar-refractivity contribution is -0.123. The summed E-state index contributed by atoms with van der Waals surface area (Å²) in [5, 5.41) is 12.3. The van der Waals surface area contributed by atoms with Gasteiger partial charge in [-0.3, -0.25) is 4.79 Å². The number of aromatic hydroxyl groups is 1. The minimum atomic E-state index is -0.585. The molecule has 4 N–H and O–H groups in total. The van der Waals surface area contributed by atoms with Crippen LogP contribution in [0, 0.1) is 5.92 Å². The van der Waals surface area contributed by atoms with Crippen molar-refractivity contribution < 1.29 is 9.90 Å². The first kappa shape index (κ1) is 17.5. The SMILES string of the molecule is CC(C)C(CN(C)C)NC(=O)[C@H](N)Cc1ccc(O)cc1. The second-order valence-electron chi connectivity index (χ2n) is 6.10. The van der Waals surface area contributed by atoms with Crippen LogP contribution in [0.5, 0.6) is 5.75 Å². The van der Waals surface area contributed by atoms with Crippen molar-refractivity contribution in [3.63, 3.8) is 0 Å². The maximum atomic E-state index is 12.2. The number of nitrogens with zero attached hydrogens (tertiary/aromatic N) is 1. The highest BCUT2D eigenvalue weighted by Crippen LogP contribution is 2.11. The number of amides is 1. The van der Waals surface area contributed by atoms with Crippen molar-refractivity contribution in [3.05, 3.63) is 29.8 Å². The van der Waals surface area contributed by atoms with Gasteiger partial charge < -0.3 is 21.1 Å². The molecule has 0 saturated heterocycles. The summed E-state index contributed by atoms with van der Waals surface area (Å²) in [4.78, 5) is 14.3. The van der Waals surface area contributed by atoms with Gasteiger partial charge in [0.05, 0.1) is 6.04 Å². The lowest BCUT2D eigenvalue weighted by Gasteiger charge is -2.27. The molecule has 5 heteroatoms. The van der Waals surface area contributed by atoms with Crippen LogP contribution in [0.2, 0.25) is 0 Å². The highest BCUT2D eigenvalue weighted by atomic mass is 16.3. The van der Waals surface area contributed by atoms with Gasteiger partial charge in [0.1, 0.15) is 5.75 Å². The fraction of sp³-hybridized carbons (Fsp3) is 0.562. The Morgan fingerprint density at radius 2 is 1.86 bits per heavy atom. The van der Waals surface area contributed by atoms with Gasteiger partial charge in [-0.05, 0) is 44.1 Å². The van der Waals surface area contributed by atoms with Crippen LogP contribution in [-0.2, 0) is 11.2 Å². The number of rotatable bonds is 7. The topological polar surface area (TPSA) is 78.6 Å². The average Bonchev–Trinajstić information content (AvgIpc) is 2.39. The molecule has 1 unspecified atom stereocenters. The van der Waals surface area contributed by atoms with Gasteiger partial charge in [0.15, 0.2) is 0 Å². The first-order valence-corrected chi connectivity index (χ1v) is 7.28. The Hall–Kier alpha value is -1.59. The maximum absolute atomic E-state index is 12.2. The monoisotopic (exact) mass is 293 g/mol. The minimum Gasteiger partial charge on any atom is -0.508 e. The molecule has 0 bridgehead atoms. The number of benzene rings is 1. The third kappa shape index (κ3) is 6.14. The summed E-state index contributed by atoms with van der Waals surface area (Å²) >= 11 is 0. The molecule has 1 rings (SSSR count). The Balaban J connectivity index is 2.58. The van der Waals surface area contributed by atoms with E-state index in [9.17, 15) is 9.90 Å². The van der Waals surface area contributed by atoms with Gasteiger partial charge in [-0.15, -0.1) is 0 Å². The number of nitrogens with one attached hydrogen (secondary N) is 1. The van der Waals surface area contributed by atoms with E-state index in [0.717, 1.165) is 12.1 Å². The van der Waals surface area contributed by atoms with E-state index in [4.69, 9.17) is 5.73 Å². The van der Waals surface area contributed by atoms with Crippen molar-refractivity contribution in [2.45, 2.75) is 32.4 Å². The highest BCUT2D eigenvalue weighted by Gasteiger charge is 2.21. The molecular formula is C16H27N3O2. The first-order valence-electron chi connectivity index (χ1n) is 7.28. The van der Waals surface area contributed by atoms with Crippen LogP contribution in [0.3, 0.4) is 0 Å². The zero-order valence-electron chi connectivity index (χ0n) is 13.3. The zero-order chi connectivity index (χ0) is 16.0. The van der Waals surface area contributed by atoms with Crippen molar-refractivity contribution in [2.75, 3.05) is 20.6 Å². The van der Waals surface area contributed by atoms with E-state index in [1.54, 1.807) is 24.3 Å². The van der Waals surface area contributed by atoms with Crippen LogP contribution in [0.4, 0.5) is 0 Å². The molecule has 0 aliphatic heterocycles. The molecule has 1 amide bonds. The molecule has 0 saturated carbocycles. The van der Waals surface area contributed by atoms with Crippen molar-refractivity contribution in [1.82, 2.24) is 10.2 Å². The number of phenols is 1. The number of carbonyl (C=O) groups excluding carboxylic acids is 1. The third-order valence-corrected chi connectivity index (χ3v) is 3.42.